The fraction of sp³-hybridized carbons (Fsp3) is 0.435. The van der Waals surface area contributed by atoms with E-state index in [1.54, 1.807) is 26.0 Å². The summed E-state index contributed by atoms with van der Waals surface area (Å²) in [7, 11) is 0. The standard InChI is InChI=1S/C23H28N4O4/c1-16-7-12-19(31-16)23(2)21(29)27(22(30)25-23)15-20(28)24-17-8-10-18(11-9-17)26-13-5-3-4-6-14-26/h7-12H,3-6,13-15H2,1-2H3,(H,24,28)(H,25,30). The van der Waals surface area contributed by atoms with Crippen molar-refractivity contribution in [3.8, 4) is 0 Å². The molecule has 0 bridgehead atoms. The maximum absolute atomic E-state index is 12.9. The molecule has 0 saturated carbocycles. The van der Waals surface area contributed by atoms with Crippen molar-refractivity contribution in [2.75, 3.05) is 29.9 Å². The van der Waals surface area contributed by atoms with Crippen LogP contribution in [0.4, 0.5) is 16.2 Å². The fourth-order valence-corrected chi connectivity index (χ4v) is 4.14. The first-order chi connectivity index (χ1) is 14.9. The number of urea groups is 1. The number of imide groups is 1. The van der Waals surface area contributed by atoms with Gasteiger partial charge in [0, 0.05) is 24.5 Å². The van der Waals surface area contributed by atoms with Crippen molar-refractivity contribution in [2.45, 2.75) is 45.1 Å². The van der Waals surface area contributed by atoms with E-state index in [9.17, 15) is 14.4 Å². The molecule has 1 atom stereocenters. The zero-order valence-corrected chi connectivity index (χ0v) is 17.9. The lowest BCUT2D eigenvalue weighted by molar-refractivity contribution is -0.134. The topological polar surface area (TPSA) is 94.9 Å². The van der Waals surface area contributed by atoms with Crippen molar-refractivity contribution in [3.63, 3.8) is 0 Å². The summed E-state index contributed by atoms with van der Waals surface area (Å²) >= 11 is 0. The minimum Gasteiger partial charge on any atom is -0.463 e. The summed E-state index contributed by atoms with van der Waals surface area (Å²) in [4.78, 5) is 41.1. The van der Waals surface area contributed by atoms with Gasteiger partial charge >= 0.3 is 6.03 Å². The van der Waals surface area contributed by atoms with Crippen LogP contribution in [0.1, 0.15) is 44.1 Å². The van der Waals surface area contributed by atoms with Crippen LogP contribution in [0, 0.1) is 6.92 Å². The number of amides is 4. The van der Waals surface area contributed by atoms with E-state index >= 15 is 0 Å². The summed E-state index contributed by atoms with van der Waals surface area (Å²) in [6.45, 7) is 5.06. The first-order valence-corrected chi connectivity index (χ1v) is 10.7. The molecule has 3 heterocycles. The van der Waals surface area contributed by atoms with Gasteiger partial charge in [-0.25, -0.2) is 4.79 Å². The molecule has 1 aromatic carbocycles. The van der Waals surface area contributed by atoms with E-state index in [1.165, 1.54) is 25.7 Å². The minimum absolute atomic E-state index is 0.343. The Balaban J connectivity index is 1.38. The van der Waals surface area contributed by atoms with Crippen LogP contribution in [-0.2, 0) is 15.1 Å². The number of anilines is 2. The lowest BCUT2D eigenvalue weighted by atomic mass is 9.99. The van der Waals surface area contributed by atoms with Gasteiger partial charge in [-0.1, -0.05) is 12.8 Å². The van der Waals surface area contributed by atoms with Gasteiger partial charge in [-0.2, -0.15) is 0 Å². The number of furan rings is 1. The van der Waals surface area contributed by atoms with Crippen LogP contribution in [0.3, 0.4) is 0 Å². The maximum atomic E-state index is 12.9. The summed E-state index contributed by atoms with van der Waals surface area (Å²) < 4.78 is 5.54. The molecule has 0 radical (unpaired) electrons. The molecule has 8 heteroatoms. The van der Waals surface area contributed by atoms with E-state index in [-0.39, 0.29) is 6.54 Å². The molecule has 2 saturated heterocycles. The summed E-state index contributed by atoms with van der Waals surface area (Å²) in [6, 6.07) is 10.4. The van der Waals surface area contributed by atoms with Gasteiger partial charge in [-0.3, -0.25) is 14.5 Å². The number of hydrogen-bond acceptors (Lipinski definition) is 5. The van der Waals surface area contributed by atoms with Gasteiger partial charge in [0.1, 0.15) is 18.1 Å². The van der Waals surface area contributed by atoms with Crippen LogP contribution in [-0.4, -0.2) is 42.4 Å². The second-order valence-corrected chi connectivity index (χ2v) is 8.35. The Kier molecular flexibility index (Phi) is 5.71. The van der Waals surface area contributed by atoms with Gasteiger partial charge in [0.25, 0.3) is 5.91 Å². The van der Waals surface area contributed by atoms with Crippen molar-refractivity contribution >= 4 is 29.2 Å². The predicted octanol–water partition coefficient (Wildman–Crippen LogP) is 3.37. The highest BCUT2D eigenvalue weighted by molar-refractivity contribution is 6.10. The summed E-state index contributed by atoms with van der Waals surface area (Å²) in [5, 5.41) is 5.40. The number of benzene rings is 1. The Hall–Kier alpha value is -3.29. The van der Waals surface area contributed by atoms with Gasteiger partial charge in [-0.05, 0) is 63.1 Å². The smallest absolute Gasteiger partial charge is 0.325 e. The van der Waals surface area contributed by atoms with Crippen LogP contribution in [0.15, 0.2) is 40.8 Å². The highest BCUT2D eigenvalue weighted by atomic mass is 16.3. The average molecular weight is 425 g/mol. The van der Waals surface area contributed by atoms with Crippen LogP contribution < -0.4 is 15.5 Å². The van der Waals surface area contributed by atoms with Crippen molar-refractivity contribution in [1.82, 2.24) is 10.2 Å². The molecular weight excluding hydrogens is 396 g/mol. The van der Waals surface area contributed by atoms with E-state index in [0.29, 0.717) is 17.2 Å². The van der Waals surface area contributed by atoms with Gasteiger partial charge in [0.2, 0.25) is 5.91 Å². The molecule has 2 fully saturated rings. The lowest BCUT2D eigenvalue weighted by Gasteiger charge is -2.23. The molecule has 1 aromatic heterocycles. The van der Waals surface area contributed by atoms with Gasteiger partial charge in [0.15, 0.2) is 5.54 Å². The second-order valence-electron chi connectivity index (χ2n) is 8.35. The molecule has 2 aromatic rings. The molecule has 2 aliphatic rings. The second kappa shape index (κ2) is 8.45. The molecule has 1 unspecified atom stereocenters. The van der Waals surface area contributed by atoms with Gasteiger partial charge < -0.3 is 20.0 Å². The third kappa shape index (κ3) is 4.28. The van der Waals surface area contributed by atoms with E-state index in [1.807, 2.05) is 24.3 Å². The minimum atomic E-state index is -1.32. The van der Waals surface area contributed by atoms with E-state index < -0.39 is 23.4 Å². The van der Waals surface area contributed by atoms with Crippen molar-refractivity contribution in [3.05, 3.63) is 47.9 Å². The SMILES string of the molecule is Cc1ccc(C2(C)NC(=O)N(CC(=O)Nc3ccc(N4CCCCCC4)cc3)C2=O)o1. The van der Waals surface area contributed by atoms with E-state index in [2.05, 4.69) is 15.5 Å². The number of nitrogens with one attached hydrogen (secondary N) is 2. The summed E-state index contributed by atoms with van der Waals surface area (Å²) in [6.07, 6.45) is 4.93. The first kappa shape index (κ1) is 21.0. The first-order valence-electron chi connectivity index (χ1n) is 10.7. The zero-order chi connectivity index (χ0) is 22.0. The normalized spacial score (nSPS) is 21.7. The quantitative estimate of drug-likeness (QED) is 0.718. The number of aryl methyl sites for hydroxylation is 1. The molecule has 2 aliphatic heterocycles. The zero-order valence-electron chi connectivity index (χ0n) is 17.9. The summed E-state index contributed by atoms with van der Waals surface area (Å²) in [5.41, 5.74) is 0.444. The molecular formula is C23H28N4O4. The highest BCUT2D eigenvalue weighted by Gasteiger charge is 2.51. The number of carbonyl (C=O) groups is 3. The third-order valence-electron chi connectivity index (χ3n) is 5.93. The largest absolute Gasteiger partial charge is 0.463 e. The average Bonchev–Trinajstić information content (AvgIpc) is 3.13. The molecule has 8 nitrogen and oxygen atoms in total. The fourth-order valence-electron chi connectivity index (χ4n) is 4.14. The summed E-state index contributed by atoms with van der Waals surface area (Å²) in [5.74, 6) is 0.0258. The molecule has 0 spiro atoms. The number of rotatable bonds is 5. The molecule has 31 heavy (non-hydrogen) atoms. The number of hydrogen-bond donors (Lipinski definition) is 2. The van der Waals surface area contributed by atoms with Crippen LogP contribution >= 0.6 is 0 Å². The highest BCUT2D eigenvalue weighted by Crippen LogP contribution is 2.30. The number of nitrogens with zero attached hydrogens (tertiary/aromatic N) is 2. The number of carbonyl (C=O) groups excluding carboxylic acids is 3. The monoisotopic (exact) mass is 424 g/mol. The van der Waals surface area contributed by atoms with Crippen molar-refractivity contribution in [1.29, 1.82) is 0 Å². The lowest BCUT2D eigenvalue weighted by Crippen LogP contribution is -2.41. The Morgan fingerprint density at radius 3 is 2.35 bits per heavy atom. The van der Waals surface area contributed by atoms with Gasteiger partial charge in [-0.15, -0.1) is 0 Å². The predicted molar refractivity (Wildman–Crippen MR) is 117 cm³/mol. The van der Waals surface area contributed by atoms with E-state index in [0.717, 1.165) is 23.7 Å². The molecule has 164 valence electrons. The van der Waals surface area contributed by atoms with Crippen LogP contribution in [0.2, 0.25) is 0 Å². The Morgan fingerprint density at radius 2 is 1.74 bits per heavy atom. The van der Waals surface area contributed by atoms with Crippen LogP contribution in [0.5, 0.6) is 0 Å². The van der Waals surface area contributed by atoms with Crippen LogP contribution in [0.25, 0.3) is 0 Å². The van der Waals surface area contributed by atoms with Crippen molar-refractivity contribution in [2.24, 2.45) is 0 Å². The van der Waals surface area contributed by atoms with Gasteiger partial charge in [0.05, 0.1) is 0 Å². The Morgan fingerprint density at radius 1 is 1.06 bits per heavy atom. The molecule has 0 aliphatic carbocycles. The van der Waals surface area contributed by atoms with Crippen molar-refractivity contribution < 1.29 is 18.8 Å². The molecule has 2 N–H and O–H groups in total. The van der Waals surface area contributed by atoms with E-state index in [4.69, 9.17) is 4.42 Å². The molecule has 4 amide bonds. The maximum Gasteiger partial charge on any atom is 0.325 e. The Labute approximate surface area is 181 Å². The third-order valence-corrected chi connectivity index (χ3v) is 5.93. The Bertz CT molecular complexity index is 976. The molecule has 4 rings (SSSR count).